The van der Waals surface area contributed by atoms with E-state index in [0.29, 0.717) is 50.1 Å². The molecule has 2 aromatic rings. The molecule has 1 amide bonds. The number of rotatable bonds is 12. The molecule has 14 heteroatoms. The SMILES string of the molecule is CCC(=O)OC1(c2ccccc2)CCN(CC(=O)N2CCN(C/C=C/c3ccccc3)CC2)CC1.O=C(O)/C=C\C(=O)O.O=C(O)/C=C\C(=O)O. The van der Waals surface area contributed by atoms with Crippen LogP contribution in [0.4, 0.5) is 0 Å². The molecule has 2 aliphatic heterocycles. The number of aliphatic carboxylic acids is 4. The van der Waals surface area contributed by atoms with Crippen LogP contribution in [-0.2, 0) is 39.1 Å². The molecule has 0 aromatic heterocycles. The average molecular weight is 708 g/mol. The maximum absolute atomic E-state index is 13.0. The van der Waals surface area contributed by atoms with Gasteiger partial charge in [0.1, 0.15) is 5.60 Å². The second-order valence-electron chi connectivity index (χ2n) is 11.5. The van der Waals surface area contributed by atoms with E-state index in [4.69, 9.17) is 25.2 Å². The van der Waals surface area contributed by atoms with Crippen molar-refractivity contribution in [3.05, 3.63) is 102 Å². The van der Waals surface area contributed by atoms with Crippen molar-refractivity contribution in [1.29, 1.82) is 0 Å². The van der Waals surface area contributed by atoms with Gasteiger partial charge in [0.2, 0.25) is 5.91 Å². The number of hydrogen-bond acceptors (Lipinski definition) is 9. The lowest BCUT2D eigenvalue weighted by Gasteiger charge is -2.42. The third-order valence-electron chi connectivity index (χ3n) is 7.86. The number of likely N-dealkylation sites (tertiary alicyclic amines) is 1. The normalized spacial score (nSPS) is 16.1. The van der Waals surface area contributed by atoms with Gasteiger partial charge in [0, 0.05) is 89.4 Å². The standard InChI is InChI=1S/C29H37N3O3.2C4H4O4/c1-2-28(34)35-29(26-13-7-4-8-14-26)15-18-31(19-16-29)24-27(33)32-22-20-30(21-23-32)17-9-12-25-10-5-3-6-11-25;2*5-3(6)1-2-4(7)8/h3-14H,2,15-24H2,1H3;2*1-2H,(H,5,6)(H,7,8)/b12-9+;2*2-1-. The summed E-state index contributed by atoms with van der Waals surface area (Å²) < 4.78 is 5.98. The van der Waals surface area contributed by atoms with E-state index in [1.54, 1.807) is 0 Å². The number of esters is 1. The predicted molar refractivity (Wildman–Crippen MR) is 187 cm³/mol. The Balaban J connectivity index is 0.000000468. The monoisotopic (exact) mass is 707 g/mol. The van der Waals surface area contributed by atoms with Crippen LogP contribution in [0.25, 0.3) is 6.08 Å². The number of carbonyl (C=O) groups is 6. The fourth-order valence-electron chi connectivity index (χ4n) is 5.21. The van der Waals surface area contributed by atoms with Crippen LogP contribution in [0.2, 0.25) is 0 Å². The van der Waals surface area contributed by atoms with E-state index in [9.17, 15) is 28.8 Å². The van der Waals surface area contributed by atoms with Gasteiger partial charge in [0.25, 0.3) is 0 Å². The summed E-state index contributed by atoms with van der Waals surface area (Å²) in [5, 5.41) is 31.2. The molecule has 0 saturated carbocycles. The summed E-state index contributed by atoms with van der Waals surface area (Å²) in [6.45, 7) is 7.98. The summed E-state index contributed by atoms with van der Waals surface area (Å²) >= 11 is 0. The van der Waals surface area contributed by atoms with Crippen molar-refractivity contribution >= 4 is 41.8 Å². The van der Waals surface area contributed by atoms with E-state index in [2.05, 4.69) is 34.1 Å². The molecular weight excluding hydrogens is 662 g/mol. The summed E-state index contributed by atoms with van der Waals surface area (Å²) in [6.07, 6.45) is 8.36. The molecule has 0 spiro atoms. The van der Waals surface area contributed by atoms with Gasteiger partial charge in [-0.15, -0.1) is 0 Å². The van der Waals surface area contributed by atoms with Crippen LogP contribution in [-0.4, -0.2) is 123 Å². The number of carbonyl (C=O) groups excluding carboxylic acids is 2. The highest BCUT2D eigenvalue weighted by atomic mass is 16.6. The molecular formula is C37H45N3O11. The quantitative estimate of drug-likeness (QED) is 0.185. The molecule has 0 unspecified atom stereocenters. The molecule has 4 N–H and O–H groups in total. The fraction of sp³-hybridized carbons (Fsp3) is 0.351. The maximum Gasteiger partial charge on any atom is 0.328 e. The van der Waals surface area contributed by atoms with Gasteiger partial charge in [-0.05, 0) is 11.1 Å². The second kappa shape index (κ2) is 22.2. The minimum absolute atomic E-state index is 0.171. The molecule has 14 nitrogen and oxygen atoms in total. The summed E-state index contributed by atoms with van der Waals surface area (Å²) in [5.41, 5.74) is 1.67. The second-order valence-corrected chi connectivity index (χ2v) is 11.5. The van der Waals surface area contributed by atoms with Crippen LogP contribution in [0, 0.1) is 0 Å². The number of benzene rings is 2. The third-order valence-corrected chi connectivity index (χ3v) is 7.86. The Morgan fingerprint density at radius 2 is 1.14 bits per heavy atom. The Morgan fingerprint density at radius 3 is 1.59 bits per heavy atom. The Bertz CT molecular complexity index is 1460. The zero-order valence-corrected chi connectivity index (χ0v) is 28.5. The molecule has 4 rings (SSSR count). The molecule has 0 bridgehead atoms. The molecule has 0 atom stereocenters. The van der Waals surface area contributed by atoms with E-state index in [0.717, 1.165) is 51.4 Å². The van der Waals surface area contributed by atoms with Crippen LogP contribution in [0.5, 0.6) is 0 Å². The summed E-state index contributed by atoms with van der Waals surface area (Å²) in [5.74, 6) is -5.00. The largest absolute Gasteiger partial charge is 0.478 e. The van der Waals surface area contributed by atoms with Gasteiger partial charge >= 0.3 is 29.8 Å². The number of ether oxygens (including phenoxy) is 1. The van der Waals surface area contributed by atoms with Gasteiger partial charge in [-0.2, -0.15) is 0 Å². The lowest BCUT2D eigenvalue weighted by molar-refractivity contribution is -0.167. The first kappa shape index (κ1) is 41.6. The van der Waals surface area contributed by atoms with Crippen LogP contribution in [0.3, 0.4) is 0 Å². The van der Waals surface area contributed by atoms with E-state index >= 15 is 0 Å². The highest BCUT2D eigenvalue weighted by Crippen LogP contribution is 2.37. The molecule has 274 valence electrons. The predicted octanol–water partition coefficient (Wildman–Crippen LogP) is 3.21. The highest BCUT2D eigenvalue weighted by molar-refractivity contribution is 5.90. The van der Waals surface area contributed by atoms with Crippen molar-refractivity contribution in [2.75, 3.05) is 52.4 Å². The zero-order chi connectivity index (χ0) is 37.6. The fourth-order valence-corrected chi connectivity index (χ4v) is 5.21. The first-order valence-electron chi connectivity index (χ1n) is 16.3. The summed E-state index contributed by atoms with van der Waals surface area (Å²) in [4.78, 5) is 70.0. The Kier molecular flexibility index (Phi) is 18.1. The number of hydrogen-bond donors (Lipinski definition) is 4. The zero-order valence-electron chi connectivity index (χ0n) is 28.5. The Labute approximate surface area is 296 Å². The Morgan fingerprint density at radius 1 is 0.667 bits per heavy atom. The minimum Gasteiger partial charge on any atom is -0.478 e. The molecule has 0 radical (unpaired) electrons. The van der Waals surface area contributed by atoms with Crippen molar-refractivity contribution in [1.82, 2.24) is 14.7 Å². The number of carboxylic acid groups (broad SMARTS) is 4. The van der Waals surface area contributed by atoms with Crippen LogP contribution < -0.4 is 0 Å². The first-order chi connectivity index (χ1) is 24.3. The number of amides is 1. The van der Waals surface area contributed by atoms with Crippen molar-refractivity contribution in [3.63, 3.8) is 0 Å². The van der Waals surface area contributed by atoms with Crippen molar-refractivity contribution in [2.24, 2.45) is 0 Å². The summed E-state index contributed by atoms with van der Waals surface area (Å²) in [6, 6.07) is 20.4. The van der Waals surface area contributed by atoms with Crippen molar-refractivity contribution in [2.45, 2.75) is 31.8 Å². The molecule has 2 aliphatic rings. The molecule has 0 aliphatic carbocycles. The number of nitrogens with zero attached hydrogens (tertiary/aromatic N) is 3. The Hall–Kier alpha value is -5.60. The topological polar surface area (TPSA) is 202 Å². The molecule has 2 aromatic carbocycles. The smallest absolute Gasteiger partial charge is 0.328 e. The molecule has 2 heterocycles. The van der Waals surface area contributed by atoms with Gasteiger partial charge < -0.3 is 30.1 Å². The highest BCUT2D eigenvalue weighted by Gasteiger charge is 2.40. The number of carboxylic acids is 4. The van der Waals surface area contributed by atoms with Crippen LogP contribution >= 0.6 is 0 Å². The minimum atomic E-state index is -1.26. The molecule has 2 saturated heterocycles. The lowest BCUT2D eigenvalue weighted by atomic mass is 9.84. The third kappa shape index (κ3) is 16.6. The molecule has 2 fully saturated rings. The lowest BCUT2D eigenvalue weighted by Crippen LogP contribution is -2.53. The maximum atomic E-state index is 13.0. The van der Waals surface area contributed by atoms with Gasteiger partial charge in [-0.25, -0.2) is 19.2 Å². The van der Waals surface area contributed by atoms with Crippen molar-refractivity contribution < 1.29 is 53.9 Å². The first-order valence-corrected chi connectivity index (χ1v) is 16.3. The van der Waals surface area contributed by atoms with Crippen LogP contribution in [0.15, 0.2) is 91.0 Å². The van der Waals surface area contributed by atoms with Crippen LogP contribution in [0.1, 0.15) is 37.3 Å². The van der Waals surface area contributed by atoms with Gasteiger partial charge in [0.15, 0.2) is 0 Å². The van der Waals surface area contributed by atoms with Gasteiger partial charge in [-0.1, -0.05) is 79.7 Å². The average Bonchev–Trinajstić information content (AvgIpc) is 3.12. The van der Waals surface area contributed by atoms with Gasteiger partial charge in [-0.3, -0.25) is 19.4 Å². The molecule has 51 heavy (non-hydrogen) atoms. The summed E-state index contributed by atoms with van der Waals surface area (Å²) in [7, 11) is 0. The van der Waals surface area contributed by atoms with Crippen molar-refractivity contribution in [3.8, 4) is 0 Å². The van der Waals surface area contributed by atoms with Gasteiger partial charge in [0.05, 0.1) is 6.54 Å². The van der Waals surface area contributed by atoms with E-state index in [-0.39, 0.29) is 11.9 Å². The number of piperazine rings is 1. The van der Waals surface area contributed by atoms with E-state index in [1.165, 1.54) is 5.56 Å². The van der Waals surface area contributed by atoms with E-state index < -0.39 is 29.5 Å². The number of piperidine rings is 1. The van der Waals surface area contributed by atoms with E-state index in [1.807, 2.05) is 60.4 Å².